The van der Waals surface area contributed by atoms with Crippen LogP contribution in [0.3, 0.4) is 0 Å². The molecule has 2 amide bonds. The van der Waals surface area contributed by atoms with E-state index < -0.39 is 12.0 Å². The Labute approximate surface area is 132 Å². The second-order valence-electron chi connectivity index (χ2n) is 5.02. The lowest BCUT2D eigenvalue weighted by atomic mass is 10.1. The molecule has 2 rings (SSSR count). The van der Waals surface area contributed by atoms with Gasteiger partial charge < -0.3 is 15.3 Å². The molecule has 1 saturated heterocycles. The zero-order chi connectivity index (χ0) is 15.6. The van der Waals surface area contributed by atoms with Crippen LogP contribution in [0.2, 0.25) is 10.0 Å². The van der Waals surface area contributed by atoms with Crippen LogP contribution in [0.25, 0.3) is 0 Å². The summed E-state index contributed by atoms with van der Waals surface area (Å²) >= 11 is 11.8. The van der Waals surface area contributed by atoms with Crippen LogP contribution in [0.4, 0.5) is 5.69 Å². The Morgan fingerprint density at radius 2 is 2.19 bits per heavy atom. The summed E-state index contributed by atoms with van der Waals surface area (Å²) in [7, 11) is 0. The lowest BCUT2D eigenvalue weighted by molar-refractivity contribution is -0.132. The Morgan fingerprint density at radius 1 is 1.48 bits per heavy atom. The van der Waals surface area contributed by atoms with Crippen molar-refractivity contribution in [3.05, 3.63) is 28.2 Å². The normalized spacial score (nSPS) is 19.7. The summed E-state index contributed by atoms with van der Waals surface area (Å²) in [4.78, 5) is 25.8. The number of carbonyl (C=O) groups excluding carboxylic acids is 2. The molecule has 114 valence electrons. The minimum absolute atomic E-state index is 0.134. The Morgan fingerprint density at radius 3 is 2.81 bits per heavy atom. The van der Waals surface area contributed by atoms with Crippen LogP contribution < -0.4 is 10.2 Å². The van der Waals surface area contributed by atoms with Crippen molar-refractivity contribution in [3.63, 3.8) is 0 Å². The molecule has 2 N–H and O–H groups in total. The Kier molecular flexibility index (Phi) is 5.08. The molecule has 1 aromatic rings. The van der Waals surface area contributed by atoms with Gasteiger partial charge in [-0.3, -0.25) is 9.59 Å². The number of nitrogens with zero attached hydrogens (tertiary/aromatic N) is 1. The van der Waals surface area contributed by atoms with Crippen LogP contribution in [0.15, 0.2) is 18.2 Å². The van der Waals surface area contributed by atoms with Gasteiger partial charge in [0.15, 0.2) is 0 Å². The smallest absolute Gasteiger partial charge is 0.239 e. The SMILES string of the molecule is CC(O)CNC(=O)C1CCN(c2ccc(Cl)c(Cl)c2)C1=O. The molecule has 1 aromatic carbocycles. The summed E-state index contributed by atoms with van der Waals surface area (Å²) in [6, 6.07) is 4.92. The molecule has 1 heterocycles. The predicted molar refractivity (Wildman–Crippen MR) is 81.6 cm³/mol. The second kappa shape index (κ2) is 6.64. The fourth-order valence-corrected chi connectivity index (χ4v) is 2.50. The number of hydrogen-bond acceptors (Lipinski definition) is 3. The highest BCUT2D eigenvalue weighted by molar-refractivity contribution is 6.42. The van der Waals surface area contributed by atoms with Gasteiger partial charge in [0, 0.05) is 18.8 Å². The molecule has 21 heavy (non-hydrogen) atoms. The van der Waals surface area contributed by atoms with Crippen LogP contribution in [-0.4, -0.2) is 36.1 Å². The number of nitrogens with one attached hydrogen (secondary N) is 1. The summed E-state index contributed by atoms with van der Waals surface area (Å²) in [6.45, 7) is 2.15. The molecular formula is C14H16Cl2N2O3. The van der Waals surface area contributed by atoms with E-state index in [2.05, 4.69) is 5.32 Å². The molecule has 0 spiro atoms. The fraction of sp³-hybridized carbons (Fsp3) is 0.429. The van der Waals surface area contributed by atoms with Crippen LogP contribution in [-0.2, 0) is 9.59 Å². The van der Waals surface area contributed by atoms with Crippen molar-refractivity contribution in [3.8, 4) is 0 Å². The molecular weight excluding hydrogens is 315 g/mol. The molecule has 1 aliphatic rings. The number of hydrogen-bond donors (Lipinski definition) is 2. The van der Waals surface area contributed by atoms with Gasteiger partial charge in [0.25, 0.3) is 0 Å². The van der Waals surface area contributed by atoms with Gasteiger partial charge in [-0.25, -0.2) is 0 Å². The van der Waals surface area contributed by atoms with E-state index in [-0.39, 0.29) is 18.4 Å². The maximum atomic E-state index is 12.3. The number of halogens is 2. The Balaban J connectivity index is 2.07. The van der Waals surface area contributed by atoms with Gasteiger partial charge in [0.05, 0.1) is 16.1 Å². The number of aliphatic hydroxyl groups is 1. The minimum atomic E-state index is -0.724. The number of aliphatic hydroxyl groups excluding tert-OH is 1. The number of anilines is 1. The molecule has 1 fully saturated rings. The zero-order valence-corrected chi connectivity index (χ0v) is 13.0. The molecule has 5 nitrogen and oxygen atoms in total. The minimum Gasteiger partial charge on any atom is -0.392 e. The Bertz CT molecular complexity index is 563. The lowest BCUT2D eigenvalue weighted by Crippen LogP contribution is -2.39. The summed E-state index contributed by atoms with van der Waals surface area (Å²) in [5.41, 5.74) is 0.625. The Hall–Kier alpha value is -1.30. The predicted octanol–water partition coefficient (Wildman–Crippen LogP) is 1.84. The molecule has 2 unspecified atom stereocenters. The van der Waals surface area contributed by atoms with Crippen LogP contribution in [0.1, 0.15) is 13.3 Å². The highest BCUT2D eigenvalue weighted by atomic mass is 35.5. The third kappa shape index (κ3) is 3.67. The summed E-state index contributed by atoms with van der Waals surface area (Å²) in [5.74, 6) is -1.35. The van der Waals surface area contributed by atoms with Gasteiger partial charge in [-0.1, -0.05) is 23.2 Å². The van der Waals surface area contributed by atoms with E-state index in [1.807, 2.05) is 0 Å². The first-order chi connectivity index (χ1) is 9.90. The average Bonchev–Trinajstić information content (AvgIpc) is 2.81. The van der Waals surface area contributed by atoms with Gasteiger partial charge >= 0.3 is 0 Å². The van der Waals surface area contributed by atoms with Gasteiger partial charge in [0.1, 0.15) is 5.92 Å². The number of amides is 2. The largest absolute Gasteiger partial charge is 0.392 e. The van der Waals surface area contributed by atoms with Crippen molar-refractivity contribution in [2.24, 2.45) is 5.92 Å². The average molecular weight is 331 g/mol. The third-order valence-electron chi connectivity index (χ3n) is 3.31. The maximum Gasteiger partial charge on any atom is 0.239 e. The van der Waals surface area contributed by atoms with Crippen LogP contribution in [0.5, 0.6) is 0 Å². The molecule has 0 saturated carbocycles. The van der Waals surface area contributed by atoms with Crippen LogP contribution >= 0.6 is 23.2 Å². The monoisotopic (exact) mass is 330 g/mol. The molecule has 2 atom stereocenters. The first-order valence-corrected chi connectivity index (χ1v) is 7.38. The molecule has 7 heteroatoms. The second-order valence-corrected chi connectivity index (χ2v) is 5.84. The molecule has 0 aliphatic carbocycles. The number of rotatable bonds is 4. The van der Waals surface area contributed by atoms with Crippen molar-refractivity contribution >= 4 is 40.7 Å². The van der Waals surface area contributed by atoms with Gasteiger partial charge in [-0.05, 0) is 31.5 Å². The highest BCUT2D eigenvalue weighted by Crippen LogP contribution is 2.31. The summed E-state index contributed by atoms with van der Waals surface area (Å²) in [6.07, 6.45) is -0.207. The third-order valence-corrected chi connectivity index (χ3v) is 4.05. The number of carbonyl (C=O) groups is 2. The van der Waals surface area contributed by atoms with E-state index in [1.54, 1.807) is 25.1 Å². The van der Waals surface area contributed by atoms with E-state index >= 15 is 0 Å². The molecule has 0 bridgehead atoms. The zero-order valence-electron chi connectivity index (χ0n) is 11.5. The summed E-state index contributed by atoms with van der Waals surface area (Å²) < 4.78 is 0. The number of benzene rings is 1. The van der Waals surface area contributed by atoms with Crippen molar-refractivity contribution in [1.29, 1.82) is 0 Å². The fourth-order valence-electron chi connectivity index (χ4n) is 2.20. The van der Waals surface area contributed by atoms with Crippen LogP contribution in [0, 0.1) is 5.92 Å². The van der Waals surface area contributed by atoms with Crippen molar-refractivity contribution in [1.82, 2.24) is 5.32 Å². The van der Waals surface area contributed by atoms with Crippen molar-refractivity contribution < 1.29 is 14.7 Å². The molecule has 1 aliphatic heterocycles. The van der Waals surface area contributed by atoms with E-state index in [1.165, 1.54) is 4.90 Å². The van der Waals surface area contributed by atoms with Gasteiger partial charge in [-0.15, -0.1) is 0 Å². The van der Waals surface area contributed by atoms with Crippen molar-refractivity contribution in [2.75, 3.05) is 18.0 Å². The van der Waals surface area contributed by atoms with E-state index in [4.69, 9.17) is 28.3 Å². The molecule has 0 radical (unpaired) electrons. The van der Waals surface area contributed by atoms with E-state index in [0.29, 0.717) is 28.7 Å². The van der Waals surface area contributed by atoms with Crippen molar-refractivity contribution in [2.45, 2.75) is 19.4 Å². The van der Waals surface area contributed by atoms with Gasteiger partial charge in [0.2, 0.25) is 11.8 Å². The quantitative estimate of drug-likeness (QED) is 0.827. The topological polar surface area (TPSA) is 69.6 Å². The lowest BCUT2D eigenvalue weighted by Gasteiger charge is -2.17. The van der Waals surface area contributed by atoms with E-state index in [0.717, 1.165) is 0 Å². The standard InChI is InChI=1S/C14H16Cl2N2O3/c1-8(19)7-17-13(20)10-4-5-18(14(10)21)9-2-3-11(15)12(16)6-9/h2-3,6,8,10,19H,4-5,7H2,1H3,(H,17,20). The molecule has 0 aromatic heterocycles. The maximum absolute atomic E-state index is 12.3. The summed E-state index contributed by atoms with van der Waals surface area (Å²) in [5, 5.41) is 12.5. The van der Waals surface area contributed by atoms with E-state index in [9.17, 15) is 9.59 Å². The first-order valence-electron chi connectivity index (χ1n) is 6.62. The first kappa shape index (κ1) is 16.1. The van der Waals surface area contributed by atoms with Gasteiger partial charge in [-0.2, -0.15) is 0 Å². The highest BCUT2D eigenvalue weighted by Gasteiger charge is 2.37.